The maximum absolute atomic E-state index is 12.5. The van der Waals surface area contributed by atoms with Crippen LogP contribution in [0.3, 0.4) is 0 Å². The van der Waals surface area contributed by atoms with Gasteiger partial charge in [0.05, 0.1) is 11.7 Å². The summed E-state index contributed by atoms with van der Waals surface area (Å²) in [4.78, 5) is 16.6. The molecule has 5 rings (SSSR count). The van der Waals surface area contributed by atoms with Crippen molar-refractivity contribution in [1.82, 2.24) is 19.9 Å². The van der Waals surface area contributed by atoms with Crippen molar-refractivity contribution in [3.8, 4) is 17.2 Å². The molecule has 0 saturated heterocycles. The van der Waals surface area contributed by atoms with Crippen LogP contribution in [0.5, 0.6) is 17.2 Å². The third-order valence-electron chi connectivity index (χ3n) is 5.19. The Labute approximate surface area is 161 Å². The van der Waals surface area contributed by atoms with Gasteiger partial charge in [-0.15, -0.1) is 0 Å². The van der Waals surface area contributed by atoms with Gasteiger partial charge in [0.15, 0.2) is 17.1 Å². The highest BCUT2D eigenvalue weighted by molar-refractivity contribution is 5.94. The number of ether oxygens (including phenoxy) is 3. The van der Waals surface area contributed by atoms with Gasteiger partial charge in [0, 0.05) is 18.3 Å². The molecular weight excluding hydrogens is 360 g/mol. The molecule has 1 saturated carbocycles. The first-order valence-electron chi connectivity index (χ1n) is 9.41. The molecule has 28 heavy (non-hydrogen) atoms. The van der Waals surface area contributed by atoms with Crippen LogP contribution in [0.1, 0.15) is 36.0 Å². The second-order valence-electron chi connectivity index (χ2n) is 7.06. The lowest BCUT2D eigenvalue weighted by Gasteiger charge is -2.29. The molecule has 2 aromatic heterocycles. The molecular formula is C20H20N4O4. The van der Waals surface area contributed by atoms with Crippen LogP contribution in [-0.2, 0) is 0 Å². The van der Waals surface area contributed by atoms with Gasteiger partial charge in [0.25, 0.3) is 5.91 Å². The monoisotopic (exact) mass is 380 g/mol. The van der Waals surface area contributed by atoms with Gasteiger partial charge in [0.1, 0.15) is 12.1 Å². The van der Waals surface area contributed by atoms with Crippen molar-refractivity contribution in [2.24, 2.45) is 0 Å². The zero-order chi connectivity index (χ0) is 18.9. The van der Waals surface area contributed by atoms with Gasteiger partial charge in [-0.25, -0.2) is 9.50 Å². The van der Waals surface area contributed by atoms with E-state index in [0.29, 0.717) is 5.56 Å². The SMILES string of the molecule is O=C(NC1CCC(Oc2ccc3c(c2)OCO3)CC1)c1ccc2ncnn2c1. The molecule has 1 N–H and O–H groups in total. The Morgan fingerprint density at radius 3 is 2.86 bits per heavy atom. The van der Waals surface area contributed by atoms with Crippen LogP contribution in [0.2, 0.25) is 0 Å². The summed E-state index contributed by atoms with van der Waals surface area (Å²) in [6.45, 7) is 0.257. The smallest absolute Gasteiger partial charge is 0.253 e. The first-order chi connectivity index (χ1) is 13.7. The average Bonchev–Trinajstić information content (AvgIpc) is 3.37. The predicted octanol–water partition coefficient (Wildman–Crippen LogP) is 2.58. The Balaban J connectivity index is 1.15. The summed E-state index contributed by atoms with van der Waals surface area (Å²) in [5, 5.41) is 7.19. The average molecular weight is 380 g/mol. The number of hydrogen-bond acceptors (Lipinski definition) is 6. The maximum Gasteiger partial charge on any atom is 0.253 e. The second kappa shape index (κ2) is 7.03. The van der Waals surface area contributed by atoms with Crippen LogP contribution < -0.4 is 19.5 Å². The summed E-state index contributed by atoms with van der Waals surface area (Å²) >= 11 is 0. The van der Waals surface area contributed by atoms with Crippen molar-refractivity contribution < 1.29 is 19.0 Å². The summed E-state index contributed by atoms with van der Waals surface area (Å²) < 4.78 is 18.4. The lowest BCUT2D eigenvalue weighted by molar-refractivity contribution is 0.0893. The molecule has 1 aromatic carbocycles. The van der Waals surface area contributed by atoms with Gasteiger partial charge < -0.3 is 19.5 Å². The zero-order valence-electron chi connectivity index (χ0n) is 15.2. The number of pyridine rings is 1. The highest BCUT2D eigenvalue weighted by Gasteiger charge is 2.25. The first-order valence-corrected chi connectivity index (χ1v) is 9.41. The van der Waals surface area contributed by atoms with E-state index >= 15 is 0 Å². The molecule has 1 amide bonds. The molecule has 1 aliphatic carbocycles. The third kappa shape index (κ3) is 3.33. The lowest BCUT2D eigenvalue weighted by atomic mass is 9.92. The highest BCUT2D eigenvalue weighted by Crippen LogP contribution is 2.36. The molecule has 0 spiro atoms. The van der Waals surface area contributed by atoms with Crippen LogP contribution in [0, 0.1) is 0 Å². The first kappa shape index (κ1) is 16.9. The molecule has 3 heterocycles. The van der Waals surface area contributed by atoms with E-state index in [0.717, 1.165) is 48.6 Å². The zero-order valence-corrected chi connectivity index (χ0v) is 15.2. The van der Waals surface area contributed by atoms with Gasteiger partial charge >= 0.3 is 0 Å². The number of nitrogens with one attached hydrogen (secondary N) is 1. The number of rotatable bonds is 4. The van der Waals surface area contributed by atoms with Crippen molar-refractivity contribution in [2.75, 3.05) is 6.79 Å². The fraction of sp³-hybridized carbons (Fsp3) is 0.350. The largest absolute Gasteiger partial charge is 0.490 e. The standard InChI is InChI=1S/C20H20N4O4/c25-20(13-1-8-19-21-11-22-24(19)10-13)23-14-2-4-15(5-3-14)28-16-6-7-17-18(9-16)27-12-26-17/h1,6-11,14-15H,2-5,12H2,(H,23,25). The molecule has 3 aromatic rings. The van der Waals surface area contributed by atoms with E-state index in [-0.39, 0.29) is 24.8 Å². The lowest BCUT2D eigenvalue weighted by Crippen LogP contribution is -2.39. The summed E-state index contributed by atoms with van der Waals surface area (Å²) in [6.07, 6.45) is 6.85. The van der Waals surface area contributed by atoms with Crippen molar-refractivity contribution in [1.29, 1.82) is 0 Å². The van der Waals surface area contributed by atoms with E-state index in [2.05, 4.69) is 15.4 Å². The Morgan fingerprint density at radius 1 is 1.11 bits per heavy atom. The molecule has 2 aliphatic rings. The van der Waals surface area contributed by atoms with Crippen LogP contribution in [0.15, 0.2) is 42.9 Å². The van der Waals surface area contributed by atoms with E-state index in [9.17, 15) is 4.79 Å². The van der Waals surface area contributed by atoms with E-state index in [1.54, 1.807) is 22.8 Å². The maximum atomic E-state index is 12.5. The Bertz CT molecular complexity index is 1010. The van der Waals surface area contributed by atoms with Gasteiger partial charge in [-0.3, -0.25) is 4.79 Å². The van der Waals surface area contributed by atoms with Gasteiger partial charge in [-0.2, -0.15) is 5.10 Å². The number of hydrogen-bond donors (Lipinski definition) is 1. The predicted molar refractivity (Wildman–Crippen MR) is 99.7 cm³/mol. The molecule has 8 heteroatoms. The molecule has 0 atom stereocenters. The van der Waals surface area contributed by atoms with Gasteiger partial charge in [-0.1, -0.05) is 0 Å². The molecule has 0 unspecified atom stereocenters. The minimum atomic E-state index is -0.0856. The molecule has 1 aliphatic heterocycles. The Kier molecular flexibility index (Phi) is 4.23. The fourth-order valence-electron chi connectivity index (χ4n) is 3.69. The molecule has 8 nitrogen and oxygen atoms in total. The normalized spacial score (nSPS) is 20.9. The summed E-state index contributed by atoms with van der Waals surface area (Å²) in [5.74, 6) is 2.18. The molecule has 0 radical (unpaired) electrons. The van der Waals surface area contributed by atoms with Gasteiger partial charge in [0.2, 0.25) is 6.79 Å². The molecule has 144 valence electrons. The number of fused-ring (bicyclic) bond motifs is 2. The van der Waals surface area contributed by atoms with E-state index in [1.165, 1.54) is 6.33 Å². The van der Waals surface area contributed by atoms with E-state index < -0.39 is 0 Å². The topological polar surface area (TPSA) is 87.0 Å². The van der Waals surface area contributed by atoms with Crippen molar-refractivity contribution in [2.45, 2.75) is 37.8 Å². The Hall–Kier alpha value is -3.29. The highest BCUT2D eigenvalue weighted by atomic mass is 16.7. The summed E-state index contributed by atoms with van der Waals surface area (Å²) in [6, 6.07) is 9.36. The van der Waals surface area contributed by atoms with Gasteiger partial charge in [-0.05, 0) is 49.9 Å². The van der Waals surface area contributed by atoms with E-state index in [4.69, 9.17) is 14.2 Å². The fourth-order valence-corrected chi connectivity index (χ4v) is 3.69. The Morgan fingerprint density at radius 2 is 1.96 bits per heavy atom. The summed E-state index contributed by atoms with van der Waals surface area (Å²) in [7, 11) is 0. The van der Waals surface area contributed by atoms with Crippen molar-refractivity contribution >= 4 is 11.6 Å². The van der Waals surface area contributed by atoms with Crippen molar-refractivity contribution in [3.05, 3.63) is 48.4 Å². The molecule has 1 fully saturated rings. The van der Waals surface area contributed by atoms with Crippen LogP contribution in [-0.4, -0.2) is 39.4 Å². The molecule has 0 bridgehead atoms. The number of amides is 1. The number of carbonyl (C=O) groups excluding carboxylic acids is 1. The van der Waals surface area contributed by atoms with Crippen LogP contribution in [0.4, 0.5) is 0 Å². The summed E-state index contributed by atoms with van der Waals surface area (Å²) in [5.41, 5.74) is 1.30. The number of benzene rings is 1. The van der Waals surface area contributed by atoms with E-state index in [1.807, 2.05) is 18.2 Å². The third-order valence-corrected chi connectivity index (χ3v) is 5.19. The van der Waals surface area contributed by atoms with Crippen LogP contribution >= 0.6 is 0 Å². The minimum absolute atomic E-state index is 0.0856. The second-order valence-corrected chi connectivity index (χ2v) is 7.06. The quantitative estimate of drug-likeness (QED) is 0.749. The number of nitrogens with zero attached hydrogens (tertiary/aromatic N) is 3. The van der Waals surface area contributed by atoms with Crippen molar-refractivity contribution in [3.63, 3.8) is 0 Å². The minimum Gasteiger partial charge on any atom is -0.490 e. The number of aromatic nitrogens is 3. The number of carbonyl (C=O) groups is 1. The van der Waals surface area contributed by atoms with Crippen LogP contribution in [0.25, 0.3) is 5.65 Å².